The van der Waals surface area contributed by atoms with Crippen molar-refractivity contribution >= 4 is 0 Å². The molecule has 1 N–H and O–H groups in total. The van der Waals surface area contributed by atoms with Crippen LogP contribution in [-0.4, -0.2) is 22.6 Å². The van der Waals surface area contributed by atoms with Crippen molar-refractivity contribution in [1.29, 1.82) is 5.26 Å². The molecule has 0 aromatic heterocycles. The second-order valence-corrected chi connectivity index (χ2v) is 6.04. The van der Waals surface area contributed by atoms with Crippen LogP contribution in [0.4, 0.5) is 4.39 Å². The molecule has 0 saturated heterocycles. The van der Waals surface area contributed by atoms with Crippen LogP contribution in [0.2, 0.25) is 0 Å². The molecule has 1 saturated carbocycles. The number of rotatable bonds is 6. The summed E-state index contributed by atoms with van der Waals surface area (Å²) in [5.41, 5.74) is 2.30. The van der Waals surface area contributed by atoms with Crippen LogP contribution < -0.4 is 0 Å². The molecule has 2 aromatic carbocycles. The van der Waals surface area contributed by atoms with E-state index in [-0.39, 0.29) is 5.82 Å². The Kier molecular flexibility index (Phi) is 4.71. The monoisotopic (exact) mass is 310 g/mol. The molecule has 23 heavy (non-hydrogen) atoms. The third-order valence-corrected chi connectivity index (χ3v) is 4.17. The van der Waals surface area contributed by atoms with Crippen LogP contribution in [0.1, 0.15) is 35.6 Å². The Labute approximate surface area is 135 Å². The molecular weight excluding hydrogens is 291 g/mol. The van der Waals surface area contributed by atoms with Crippen LogP contribution in [-0.2, 0) is 6.54 Å². The van der Waals surface area contributed by atoms with E-state index >= 15 is 0 Å². The average molecular weight is 310 g/mol. The maximum atomic E-state index is 13.3. The van der Waals surface area contributed by atoms with Gasteiger partial charge in [-0.3, -0.25) is 4.90 Å². The molecule has 1 fully saturated rings. The minimum atomic E-state index is -0.614. The predicted molar refractivity (Wildman–Crippen MR) is 85.9 cm³/mol. The first-order chi connectivity index (χ1) is 11.2. The molecule has 3 nitrogen and oxygen atoms in total. The van der Waals surface area contributed by atoms with Gasteiger partial charge >= 0.3 is 0 Å². The zero-order valence-electron chi connectivity index (χ0n) is 12.8. The molecule has 2 aromatic rings. The Bertz CT molecular complexity index is 704. The van der Waals surface area contributed by atoms with Crippen molar-refractivity contribution in [2.24, 2.45) is 0 Å². The molecule has 1 aliphatic rings. The lowest BCUT2D eigenvalue weighted by Gasteiger charge is -2.25. The van der Waals surface area contributed by atoms with Crippen LogP contribution in [0.3, 0.4) is 0 Å². The third kappa shape index (κ3) is 4.16. The topological polar surface area (TPSA) is 47.3 Å². The van der Waals surface area contributed by atoms with E-state index in [0.717, 1.165) is 24.0 Å². The third-order valence-electron chi connectivity index (χ3n) is 4.17. The summed E-state index contributed by atoms with van der Waals surface area (Å²) in [6.07, 6.45) is 1.63. The summed E-state index contributed by atoms with van der Waals surface area (Å²) in [6.45, 7) is 1.14. The van der Waals surface area contributed by atoms with Crippen LogP contribution in [0.15, 0.2) is 48.5 Å². The van der Waals surface area contributed by atoms with Gasteiger partial charge in [-0.05, 0) is 48.2 Å². The van der Waals surface area contributed by atoms with Gasteiger partial charge in [-0.1, -0.05) is 24.3 Å². The van der Waals surface area contributed by atoms with Crippen LogP contribution in [0.25, 0.3) is 0 Å². The van der Waals surface area contributed by atoms with Gasteiger partial charge in [0.05, 0.1) is 17.7 Å². The van der Waals surface area contributed by atoms with Gasteiger partial charge in [-0.15, -0.1) is 0 Å². The van der Waals surface area contributed by atoms with Crippen molar-refractivity contribution < 1.29 is 9.50 Å². The van der Waals surface area contributed by atoms with E-state index < -0.39 is 6.10 Å². The molecule has 0 radical (unpaired) electrons. The summed E-state index contributed by atoms with van der Waals surface area (Å²) < 4.78 is 13.3. The van der Waals surface area contributed by atoms with Gasteiger partial charge in [0.15, 0.2) is 0 Å². The fourth-order valence-electron chi connectivity index (χ4n) is 2.76. The average Bonchev–Trinajstić information content (AvgIpc) is 3.39. The zero-order valence-corrected chi connectivity index (χ0v) is 12.8. The van der Waals surface area contributed by atoms with Gasteiger partial charge in [0.1, 0.15) is 5.82 Å². The zero-order chi connectivity index (χ0) is 16.2. The SMILES string of the molecule is N#Cc1ccc(C(O)CN(Cc2cccc(F)c2)C2CC2)cc1. The number of halogens is 1. The Morgan fingerprint density at radius 3 is 2.57 bits per heavy atom. The number of benzene rings is 2. The summed E-state index contributed by atoms with van der Waals surface area (Å²) in [7, 11) is 0. The van der Waals surface area contributed by atoms with Gasteiger partial charge in [-0.25, -0.2) is 4.39 Å². The Hall–Kier alpha value is -2.22. The number of hydrogen-bond acceptors (Lipinski definition) is 3. The summed E-state index contributed by atoms with van der Waals surface area (Å²) >= 11 is 0. The van der Waals surface area contributed by atoms with E-state index in [0.29, 0.717) is 24.7 Å². The molecule has 4 heteroatoms. The fourth-order valence-corrected chi connectivity index (χ4v) is 2.76. The largest absolute Gasteiger partial charge is 0.387 e. The number of aliphatic hydroxyl groups is 1. The molecule has 0 bridgehead atoms. The molecule has 1 unspecified atom stereocenters. The molecule has 0 aliphatic heterocycles. The van der Waals surface area contributed by atoms with E-state index in [2.05, 4.69) is 11.0 Å². The molecule has 0 spiro atoms. The van der Waals surface area contributed by atoms with Crippen molar-refractivity contribution in [3.05, 3.63) is 71.0 Å². The first kappa shape index (κ1) is 15.7. The van der Waals surface area contributed by atoms with Gasteiger partial charge in [0.25, 0.3) is 0 Å². The van der Waals surface area contributed by atoms with Crippen molar-refractivity contribution in [3.63, 3.8) is 0 Å². The molecule has 0 heterocycles. The van der Waals surface area contributed by atoms with Crippen molar-refractivity contribution in [2.45, 2.75) is 31.5 Å². The fraction of sp³-hybridized carbons (Fsp3) is 0.316. The Balaban J connectivity index is 1.68. The van der Waals surface area contributed by atoms with Gasteiger partial charge in [0, 0.05) is 19.1 Å². The molecule has 0 amide bonds. The van der Waals surface area contributed by atoms with Gasteiger partial charge in [-0.2, -0.15) is 5.26 Å². The van der Waals surface area contributed by atoms with E-state index in [1.165, 1.54) is 6.07 Å². The maximum Gasteiger partial charge on any atom is 0.123 e. The van der Waals surface area contributed by atoms with E-state index in [9.17, 15) is 9.50 Å². The lowest BCUT2D eigenvalue weighted by atomic mass is 10.1. The number of nitriles is 1. The standard InChI is InChI=1S/C19H19FN2O/c20-17-3-1-2-15(10-17)12-22(18-8-9-18)13-19(23)16-6-4-14(11-21)5-7-16/h1-7,10,18-19,23H,8-9,12-13H2. The van der Waals surface area contributed by atoms with Crippen molar-refractivity contribution in [2.75, 3.05) is 6.54 Å². The minimum absolute atomic E-state index is 0.231. The summed E-state index contributed by atoms with van der Waals surface area (Å²) in [5.74, 6) is -0.231. The van der Waals surface area contributed by atoms with Crippen molar-refractivity contribution in [3.8, 4) is 6.07 Å². The smallest absolute Gasteiger partial charge is 0.123 e. The second kappa shape index (κ2) is 6.91. The van der Waals surface area contributed by atoms with E-state index in [1.807, 2.05) is 6.07 Å². The molecule has 3 rings (SSSR count). The maximum absolute atomic E-state index is 13.3. The van der Waals surface area contributed by atoms with Crippen LogP contribution in [0, 0.1) is 17.1 Å². The van der Waals surface area contributed by atoms with Crippen LogP contribution >= 0.6 is 0 Å². The Morgan fingerprint density at radius 2 is 1.96 bits per heavy atom. The van der Waals surface area contributed by atoms with E-state index in [4.69, 9.17) is 5.26 Å². The number of nitrogens with zero attached hydrogens (tertiary/aromatic N) is 2. The van der Waals surface area contributed by atoms with Gasteiger partial charge < -0.3 is 5.11 Å². The summed E-state index contributed by atoms with van der Waals surface area (Å²) in [6, 6.07) is 16.2. The highest BCUT2D eigenvalue weighted by Gasteiger charge is 2.30. The summed E-state index contributed by atoms with van der Waals surface area (Å²) in [5, 5.41) is 19.3. The molecule has 118 valence electrons. The van der Waals surface area contributed by atoms with Crippen molar-refractivity contribution in [1.82, 2.24) is 4.90 Å². The number of aliphatic hydroxyl groups excluding tert-OH is 1. The number of hydrogen-bond donors (Lipinski definition) is 1. The normalized spacial score (nSPS) is 15.4. The minimum Gasteiger partial charge on any atom is -0.387 e. The van der Waals surface area contributed by atoms with Crippen LogP contribution in [0.5, 0.6) is 0 Å². The lowest BCUT2D eigenvalue weighted by Crippen LogP contribution is -2.30. The quantitative estimate of drug-likeness (QED) is 0.889. The highest BCUT2D eigenvalue weighted by Crippen LogP contribution is 2.30. The summed E-state index contributed by atoms with van der Waals surface area (Å²) in [4.78, 5) is 2.21. The first-order valence-electron chi connectivity index (χ1n) is 7.82. The molecule has 1 atom stereocenters. The first-order valence-corrected chi connectivity index (χ1v) is 7.82. The highest BCUT2D eigenvalue weighted by molar-refractivity contribution is 5.32. The highest BCUT2D eigenvalue weighted by atomic mass is 19.1. The second-order valence-electron chi connectivity index (χ2n) is 6.04. The van der Waals surface area contributed by atoms with E-state index in [1.54, 1.807) is 36.4 Å². The predicted octanol–water partition coefficient (Wildman–Crippen LogP) is 3.40. The molecular formula is C19H19FN2O. The lowest BCUT2D eigenvalue weighted by molar-refractivity contribution is 0.104. The Morgan fingerprint density at radius 1 is 1.22 bits per heavy atom. The van der Waals surface area contributed by atoms with Gasteiger partial charge in [0.2, 0.25) is 0 Å². The molecule has 1 aliphatic carbocycles.